The Kier molecular flexibility index (Phi) is 8.21. The van der Waals surface area contributed by atoms with Crippen molar-refractivity contribution in [3.63, 3.8) is 0 Å². The van der Waals surface area contributed by atoms with E-state index in [0.717, 1.165) is 22.3 Å². The maximum atomic E-state index is 12.4. The number of amides is 2. The molecule has 1 aliphatic carbocycles. The van der Waals surface area contributed by atoms with Gasteiger partial charge in [-0.05, 0) is 28.7 Å². The van der Waals surface area contributed by atoms with Crippen molar-refractivity contribution in [2.45, 2.75) is 37.0 Å². The van der Waals surface area contributed by atoms with Gasteiger partial charge in [0.15, 0.2) is 0 Å². The van der Waals surface area contributed by atoms with E-state index in [1.807, 2.05) is 48.5 Å². The number of carbonyl (C=O) groups excluding carboxylic acids is 2. The Hall–Kier alpha value is -3.20. The van der Waals surface area contributed by atoms with Gasteiger partial charge in [-0.25, -0.2) is 4.79 Å². The maximum Gasteiger partial charge on any atom is 0.407 e. The minimum atomic E-state index is -1.28. The van der Waals surface area contributed by atoms with Crippen LogP contribution in [0.15, 0.2) is 48.5 Å². The van der Waals surface area contributed by atoms with Crippen LogP contribution in [0.25, 0.3) is 11.1 Å². The molecule has 3 N–H and O–H groups in total. The van der Waals surface area contributed by atoms with Crippen LogP contribution in [0.4, 0.5) is 4.79 Å². The lowest BCUT2D eigenvalue weighted by atomic mass is 9.98. The number of alkyl carbamates (subject to hydrolysis) is 1. The Labute approximate surface area is 195 Å². The Balaban J connectivity index is 1.60. The lowest BCUT2D eigenvalue weighted by molar-refractivity contribution is -0.139. The van der Waals surface area contributed by atoms with E-state index in [0.29, 0.717) is 6.42 Å². The molecule has 176 valence electrons. The normalized spacial score (nSPS) is 15.0. The number of fused-ring (bicyclic) bond motifs is 3. The summed E-state index contributed by atoms with van der Waals surface area (Å²) >= 11 is 0. The summed E-state index contributed by atoms with van der Waals surface area (Å²) in [4.78, 5) is 36.1. The van der Waals surface area contributed by atoms with E-state index >= 15 is 0 Å². The molecule has 1 aliphatic rings. The highest BCUT2D eigenvalue weighted by Crippen LogP contribution is 2.44. The smallest absolute Gasteiger partial charge is 0.407 e. The van der Waals surface area contributed by atoms with Crippen LogP contribution in [0.3, 0.4) is 0 Å². The van der Waals surface area contributed by atoms with Crippen molar-refractivity contribution in [1.82, 2.24) is 10.6 Å². The molecule has 0 bridgehead atoms. The standard InChI is InChI=1S/C24H28N2O6S/c1-15(33(2)31)11-12-25-23(29)21(13-22(27)28)26-24(30)32-14-20-18-9-5-3-7-16(18)17-8-4-6-10-19(17)20/h3-10,15,20-21H,11-14H2,1-2H3,(H,25,29)(H,26,30)(H,27,28). The Morgan fingerprint density at radius 2 is 1.64 bits per heavy atom. The Morgan fingerprint density at radius 3 is 2.18 bits per heavy atom. The van der Waals surface area contributed by atoms with Crippen LogP contribution in [0, 0.1) is 0 Å². The number of aliphatic carboxylic acids is 1. The van der Waals surface area contributed by atoms with Crippen molar-refractivity contribution < 1.29 is 28.4 Å². The molecular formula is C24H28N2O6S. The van der Waals surface area contributed by atoms with Gasteiger partial charge in [-0.3, -0.25) is 13.8 Å². The number of ether oxygens (including phenoxy) is 1. The minimum Gasteiger partial charge on any atom is -0.481 e. The molecule has 3 atom stereocenters. The van der Waals surface area contributed by atoms with Gasteiger partial charge in [0.2, 0.25) is 5.91 Å². The lowest BCUT2D eigenvalue weighted by Gasteiger charge is -2.19. The molecular weight excluding hydrogens is 444 g/mol. The highest BCUT2D eigenvalue weighted by Gasteiger charge is 2.30. The number of nitrogens with one attached hydrogen (secondary N) is 2. The zero-order valence-corrected chi connectivity index (χ0v) is 19.4. The molecule has 2 amide bonds. The second kappa shape index (κ2) is 11.1. The molecule has 0 aliphatic heterocycles. The topological polar surface area (TPSA) is 122 Å². The number of benzene rings is 2. The number of hydrogen-bond acceptors (Lipinski definition) is 5. The van der Waals surface area contributed by atoms with E-state index < -0.39 is 41.2 Å². The van der Waals surface area contributed by atoms with Gasteiger partial charge in [0.05, 0.1) is 6.42 Å². The third kappa shape index (κ3) is 6.19. The first kappa shape index (κ1) is 24.4. The average Bonchev–Trinajstić information content (AvgIpc) is 3.10. The fourth-order valence-electron chi connectivity index (χ4n) is 3.85. The van der Waals surface area contributed by atoms with Crippen molar-refractivity contribution >= 4 is 28.8 Å². The van der Waals surface area contributed by atoms with Crippen molar-refractivity contribution in [3.8, 4) is 11.1 Å². The van der Waals surface area contributed by atoms with Crippen LogP contribution in [0.1, 0.15) is 36.8 Å². The molecule has 3 unspecified atom stereocenters. The van der Waals surface area contributed by atoms with Gasteiger partial charge in [0, 0.05) is 34.8 Å². The van der Waals surface area contributed by atoms with Gasteiger partial charge in [-0.2, -0.15) is 0 Å². The van der Waals surface area contributed by atoms with Crippen LogP contribution in [-0.4, -0.2) is 58.0 Å². The second-order valence-electron chi connectivity index (χ2n) is 8.01. The van der Waals surface area contributed by atoms with E-state index in [4.69, 9.17) is 9.84 Å². The monoisotopic (exact) mass is 472 g/mol. The third-order valence-corrected chi connectivity index (χ3v) is 7.12. The number of hydrogen-bond donors (Lipinski definition) is 3. The Bertz CT molecular complexity index is 1010. The molecule has 0 saturated carbocycles. The summed E-state index contributed by atoms with van der Waals surface area (Å²) in [6, 6.07) is 14.5. The molecule has 0 spiro atoms. The van der Waals surface area contributed by atoms with E-state index in [1.54, 1.807) is 13.2 Å². The molecule has 3 rings (SSSR count). The summed E-state index contributed by atoms with van der Waals surface area (Å²) in [7, 11) is -1.02. The SMILES string of the molecule is CC(CCNC(=O)C(CC(=O)O)NC(=O)OCC1c2ccccc2-c2ccccc21)S(C)=O. The molecule has 9 heteroatoms. The Morgan fingerprint density at radius 1 is 1.06 bits per heavy atom. The molecule has 2 aromatic carbocycles. The van der Waals surface area contributed by atoms with E-state index in [9.17, 15) is 18.6 Å². The lowest BCUT2D eigenvalue weighted by Crippen LogP contribution is -2.48. The summed E-state index contributed by atoms with van der Waals surface area (Å²) in [5.41, 5.74) is 4.28. The number of carbonyl (C=O) groups is 3. The van der Waals surface area contributed by atoms with Crippen molar-refractivity contribution in [3.05, 3.63) is 59.7 Å². The largest absolute Gasteiger partial charge is 0.481 e. The van der Waals surface area contributed by atoms with Gasteiger partial charge in [0.1, 0.15) is 12.6 Å². The average molecular weight is 473 g/mol. The summed E-state index contributed by atoms with van der Waals surface area (Å²) in [5.74, 6) is -2.00. The summed E-state index contributed by atoms with van der Waals surface area (Å²) in [6.07, 6.45) is 0.616. The summed E-state index contributed by atoms with van der Waals surface area (Å²) in [6.45, 7) is 2.08. The van der Waals surface area contributed by atoms with Crippen LogP contribution < -0.4 is 10.6 Å². The molecule has 0 heterocycles. The van der Waals surface area contributed by atoms with Crippen molar-refractivity contribution in [1.29, 1.82) is 0 Å². The van der Waals surface area contributed by atoms with Crippen LogP contribution in [0.5, 0.6) is 0 Å². The predicted molar refractivity (Wildman–Crippen MR) is 125 cm³/mol. The first-order valence-electron chi connectivity index (χ1n) is 10.7. The first-order valence-corrected chi connectivity index (χ1v) is 12.3. The molecule has 0 radical (unpaired) electrons. The molecule has 33 heavy (non-hydrogen) atoms. The van der Waals surface area contributed by atoms with E-state index in [-0.39, 0.29) is 24.3 Å². The van der Waals surface area contributed by atoms with Gasteiger partial charge in [-0.15, -0.1) is 0 Å². The zero-order chi connectivity index (χ0) is 24.0. The predicted octanol–water partition coefficient (Wildman–Crippen LogP) is 2.64. The summed E-state index contributed by atoms with van der Waals surface area (Å²) in [5, 5.41) is 14.0. The van der Waals surface area contributed by atoms with Gasteiger partial charge >= 0.3 is 12.1 Å². The third-order valence-electron chi connectivity index (χ3n) is 5.75. The molecule has 2 aromatic rings. The number of rotatable bonds is 10. The van der Waals surface area contributed by atoms with Gasteiger partial charge in [0.25, 0.3) is 0 Å². The van der Waals surface area contributed by atoms with Gasteiger partial charge < -0.3 is 20.5 Å². The van der Waals surface area contributed by atoms with Crippen molar-refractivity contribution in [2.24, 2.45) is 0 Å². The fourth-order valence-corrected chi connectivity index (χ4v) is 4.30. The highest BCUT2D eigenvalue weighted by molar-refractivity contribution is 7.84. The first-order chi connectivity index (χ1) is 15.8. The quantitative estimate of drug-likeness (QED) is 0.489. The van der Waals surface area contributed by atoms with Gasteiger partial charge in [-0.1, -0.05) is 55.5 Å². The van der Waals surface area contributed by atoms with Crippen LogP contribution >= 0.6 is 0 Å². The highest BCUT2D eigenvalue weighted by atomic mass is 32.2. The van der Waals surface area contributed by atoms with Crippen molar-refractivity contribution in [2.75, 3.05) is 19.4 Å². The molecule has 0 fully saturated rings. The molecule has 0 saturated heterocycles. The zero-order valence-electron chi connectivity index (χ0n) is 18.6. The van der Waals surface area contributed by atoms with Crippen LogP contribution in [-0.2, 0) is 25.1 Å². The molecule has 8 nitrogen and oxygen atoms in total. The van der Waals surface area contributed by atoms with E-state index in [1.165, 1.54) is 0 Å². The van der Waals surface area contributed by atoms with Crippen LogP contribution in [0.2, 0.25) is 0 Å². The minimum absolute atomic E-state index is 0.0566. The maximum absolute atomic E-state index is 12.4. The summed E-state index contributed by atoms with van der Waals surface area (Å²) < 4.78 is 16.8. The number of carboxylic acids is 1. The van der Waals surface area contributed by atoms with E-state index in [2.05, 4.69) is 10.6 Å². The number of carboxylic acid groups (broad SMARTS) is 1. The second-order valence-corrected chi connectivity index (χ2v) is 9.81. The molecule has 0 aromatic heterocycles. The fraction of sp³-hybridized carbons (Fsp3) is 0.375.